The molecule has 27 heavy (non-hydrogen) atoms. The summed E-state index contributed by atoms with van der Waals surface area (Å²) in [4.78, 5) is 29.0. The molecule has 5 heteroatoms. The SMILES string of the molecule is Cc1cccc(N2CCN(C(=O)c3cc4ccccc4c(=O)o3)CC2)c1C. The average molecular weight is 362 g/mol. The summed E-state index contributed by atoms with van der Waals surface area (Å²) in [6.45, 7) is 6.96. The molecule has 1 aliphatic rings. The van der Waals surface area contributed by atoms with Gasteiger partial charge in [-0.05, 0) is 48.6 Å². The van der Waals surface area contributed by atoms with Gasteiger partial charge in [-0.1, -0.05) is 30.3 Å². The van der Waals surface area contributed by atoms with Crippen molar-refractivity contribution in [2.45, 2.75) is 13.8 Å². The predicted octanol–water partition coefficient (Wildman–Crippen LogP) is 3.37. The fourth-order valence-electron chi connectivity index (χ4n) is 3.62. The van der Waals surface area contributed by atoms with Crippen molar-refractivity contribution in [3.63, 3.8) is 0 Å². The number of nitrogens with zero attached hydrogens (tertiary/aromatic N) is 2. The van der Waals surface area contributed by atoms with E-state index in [1.54, 1.807) is 23.1 Å². The van der Waals surface area contributed by atoms with Gasteiger partial charge in [-0.2, -0.15) is 0 Å². The first kappa shape index (κ1) is 17.3. The van der Waals surface area contributed by atoms with Crippen LogP contribution in [0.4, 0.5) is 5.69 Å². The minimum Gasteiger partial charge on any atom is -0.417 e. The van der Waals surface area contributed by atoms with Gasteiger partial charge in [0.2, 0.25) is 0 Å². The summed E-state index contributed by atoms with van der Waals surface area (Å²) in [6, 6.07) is 15.1. The molecule has 3 aromatic rings. The first-order chi connectivity index (χ1) is 13.0. The van der Waals surface area contributed by atoms with E-state index in [2.05, 4.69) is 36.9 Å². The van der Waals surface area contributed by atoms with Gasteiger partial charge in [0, 0.05) is 31.9 Å². The third-order valence-corrected chi connectivity index (χ3v) is 5.36. The number of carbonyl (C=O) groups is 1. The van der Waals surface area contributed by atoms with Crippen LogP contribution >= 0.6 is 0 Å². The maximum absolute atomic E-state index is 12.8. The molecule has 0 spiro atoms. The van der Waals surface area contributed by atoms with E-state index in [-0.39, 0.29) is 11.7 Å². The van der Waals surface area contributed by atoms with E-state index in [1.807, 2.05) is 12.1 Å². The van der Waals surface area contributed by atoms with E-state index in [9.17, 15) is 9.59 Å². The number of piperazine rings is 1. The zero-order chi connectivity index (χ0) is 19.0. The summed E-state index contributed by atoms with van der Waals surface area (Å²) in [7, 11) is 0. The van der Waals surface area contributed by atoms with Crippen molar-refractivity contribution in [1.29, 1.82) is 0 Å². The molecule has 1 fully saturated rings. The van der Waals surface area contributed by atoms with Crippen LogP contribution in [0.1, 0.15) is 21.7 Å². The quantitative estimate of drug-likeness (QED) is 0.701. The Morgan fingerprint density at radius 3 is 2.48 bits per heavy atom. The molecule has 0 unspecified atom stereocenters. The highest BCUT2D eigenvalue weighted by Gasteiger charge is 2.25. The fourth-order valence-corrected chi connectivity index (χ4v) is 3.62. The Kier molecular flexibility index (Phi) is 4.44. The molecule has 5 nitrogen and oxygen atoms in total. The molecule has 0 atom stereocenters. The van der Waals surface area contributed by atoms with Crippen molar-refractivity contribution in [3.8, 4) is 0 Å². The maximum Gasteiger partial charge on any atom is 0.344 e. The van der Waals surface area contributed by atoms with Gasteiger partial charge in [0.1, 0.15) is 0 Å². The lowest BCUT2D eigenvalue weighted by molar-refractivity contribution is 0.0710. The summed E-state index contributed by atoms with van der Waals surface area (Å²) in [5.74, 6) is -0.114. The van der Waals surface area contributed by atoms with Crippen LogP contribution in [0.3, 0.4) is 0 Å². The number of hydrogen-bond donors (Lipinski definition) is 0. The van der Waals surface area contributed by atoms with Crippen molar-refractivity contribution < 1.29 is 9.21 Å². The summed E-state index contributed by atoms with van der Waals surface area (Å²) in [5, 5.41) is 1.22. The molecular weight excluding hydrogens is 340 g/mol. The van der Waals surface area contributed by atoms with Crippen LogP contribution in [0.25, 0.3) is 10.8 Å². The number of carbonyl (C=O) groups excluding carboxylic acids is 1. The van der Waals surface area contributed by atoms with Crippen LogP contribution in [0.2, 0.25) is 0 Å². The van der Waals surface area contributed by atoms with Gasteiger partial charge in [0.15, 0.2) is 5.76 Å². The van der Waals surface area contributed by atoms with Crippen molar-refractivity contribution >= 4 is 22.4 Å². The van der Waals surface area contributed by atoms with E-state index >= 15 is 0 Å². The summed E-state index contributed by atoms with van der Waals surface area (Å²) in [6.07, 6.45) is 0. The Labute approximate surface area is 157 Å². The summed E-state index contributed by atoms with van der Waals surface area (Å²) >= 11 is 0. The molecule has 0 saturated carbocycles. The molecule has 0 bridgehead atoms. The van der Waals surface area contributed by atoms with Crippen LogP contribution in [0, 0.1) is 13.8 Å². The Balaban J connectivity index is 1.52. The first-order valence-corrected chi connectivity index (χ1v) is 9.18. The largest absolute Gasteiger partial charge is 0.417 e. The van der Waals surface area contributed by atoms with E-state index in [1.165, 1.54) is 16.8 Å². The fraction of sp³-hybridized carbons (Fsp3) is 0.273. The predicted molar refractivity (Wildman–Crippen MR) is 107 cm³/mol. The maximum atomic E-state index is 12.8. The first-order valence-electron chi connectivity index (χ1n) is 9.18. The topological polar surface area (TPSA) is 53.8 Å². The molecule has 0 aliphatic carbocycles. The summed E-state index contributed by atoms with van der Waals surface area (Å²) in [5.41, 5.74) is 3.30. The van der Waals surface area contributed by atoms with Gasteiger partial charge < -0.3 is 14.2 Å². The number of aryl methyl sites for hydroxylation is 1. The standard InChI is InChI=1S/C22H22N2O3/c1-15-6-5-9-19(16(15)2)23-10-12-24(13-11-23)21(25)20-14-17-7-3-4-8-18(17)22(26)27-20/h3-9,14H,10-13H2,1-2H3. The lowest BCUT2D eigenvalue weighted by Crippen LogP contribution is -2.49. The Bertz CT molecular complexity index is 1060. The summed E-state index contributed by atoms with van der Waals surface area (Å²) < 4.78 is 5.29. The lowest BCUT2D eigenvalue weighted by Gasteiger charge is -2.36. The highest BCUT2D eigenvalue weighted by molar-refractivity contribution is 5.95. The van der Waals surface area contributed by atoms with Crippen molar-refractivity contribution in [2.75, 3.05) is 31.1 Å². The molecule has 0 radical (unpaired) electrons. The molecule has 1 saturated heterocycles. The monoisotopic (exact) mass is 362 g/mol. The smallest absolute Gasteiger partial charge is 0.344 e. The Morgan fingerprint density at radius 2 is 1.70 bits per heavy atom. The number of rotatable bonds is 2. The normalized spacial score (nSPS) is 14.6. The van der Waals surface area contributed by atoms with Crippen LogP contribution in [0.5, 0.6) is 0 Å². The number of benzene rings is 2. The van der Waals surface area contributed by atoms with Crippen LogP contribution < -0.4 is 10.5 Å². The van der Waals surface area contributed by atoms with Crippen molar-refractivity contribution in [2.24, 2.45) is 0 Å². The van der Waals surface area contributed by atoms with Gasteiger partial charge in [0.05, 0.1) is 5.39 Å². The van der Waals surface area contributed by atoms with Crippen LogP contribution in [-0.2, 0) is 0 Å². The molecule has 1 amide bonds. The van der Waals surface area contributed by atoms with Crippen LogP contribution in [-0.4, -0.2) is 37.0 Å². The lowest BCUT2D eigenvalue weighted by atomic mass is 10.1. The molecule has 1 aliphatic heterocycles. The molecule has 0 N–H and O–H groups in total. The molecule has 4 rings (SSSR count). The molecular formula is C22H22N2O3. The van der Waals surface area contributed by atoms with Gasteiger partial charge in [-0.3, -0.25) is 4.79 Å². The Morgan fingerprint density at radius 1 is 0.963 bits per heavy atom. The molecule has 1 aromatic heterocycles. The van der Waals surface area contributed by atoms with Crippen LogP contribution in [0.15, 0.2) is 57.7 Å². The number of fused-ring (bicyclic) bond motifs is 1. The second-order valence-corrected chi connectivity index (χ2v) is 6.98. The molecule has 138 valence electrons. The number of amides is 1. The highest BCUT2D eigenvalue weighted by atomic mass is 16.4. The zero-order valence-electron chi connectivity index (χ0n) is 15.6. The van der Waals surface area contributed by atoms with Crippen molar-refractivity contribution in [3.05, 3.63) is 75.8 Å². The minimum atomic E-state index is -0.467. The number of hydrogen-bond acceptors (Lipinski definition) is 4. The van der Waals surface area contributed by atoms with Gasteiger partial charge in [-0.15, -0.1) is 0 Å². The second kappa shape index (κ2) is 6.91. The average Bonchev–Trinajstić information content (AvgIpc) is 2.70. The van der Waals surface area contributed by atoms with Gasteiger partial charge in [0.25, 0.3) is 5.91 Å². The molecule has 2 heterocycles. The van der Waals surface area contributed by atoms with E-state index in [0.717, 1.165) is 18.5 Å². The third-order valence-electron chi connectivity index (χ3n) is 5.36. The third kappa shape index (κ3) is 3.21. The van der Waals surface area contributed by atoms with Gasteiger partial charge in [-0.25, -0.2) is 4.79 Å². The minimum absolute atomic E-state index is 0.110. The van der Waals surface area contributed by atoms with Gasteiger partial charge >= 0.3 is 5.63 Å². The van der Waals surface area contributed by atoms with Crippen molar-refractivity contribution in [1.82, 2.24) is 4.90 Å². The van der Waals surface area contributed by atoms with E-state index in [0.29, 0.717) is 18.5 Å². The Hall–Kier alpha value is -3.08. The van der Waals surface area contributed by atoms with E-state index in [4.69, 9.17) is 4.42 Å². The second-order valence-electron chi connectivity index (χ2n) is 6.98. The zero-order valence-corrected chi connectivity index (χ0v) is 15.6. The van der Waals surface area contributed by atoms with E-state index < -0.39 is 5.63 Å². The molecule has 2 aromatic carbocycles. The highest BCUT2D eigenvalue weighted by Crippen LogP contribution is 2.24. The number of anilines is 1.